The summed E-state index contributed by atoms with van der Waals surface area (Å²) in [7, 11) is 0. The molecule has 0 spiro atoms. The van der Waals surface area contributed by atoms with Gasteiger partial charge in [-0.1, -0.05) is 36.4 Å². The van der Waals surface area contributed by atoms with Crippen LogP contribution in [0.1, 0.15) is 25.0 Å². The highest BCUT2D eigenvalue weighted by atomic mass is 16.7. The Labute approximate surface area is 188 Å². The molecule has 0 bridgehead atoms. The minimum Gasteiger partial charge on any atom is -0.455 e. The van der Waals surface area contributed by atoms with E-state index in [0.717, 1.165) is 11.1 Å². The van der Waals surface area contributed by atoms with Crippen LogP contribution in [0.2, 0.25) is 0 Å². The normalized spacial score (nSPS) is 15.5. The largest absolute Gasteiger partial charge is 0.455 e. The number of aryl methyl sites for hydroxylation is 2. The SMILES string of the molecule is Cc1ccccc1O[C@@H](C)OC(=O)N1CCN(C(=O)O[C@H](C)Oc2ccccc2C)CC1. The number of carbonyl (C=O) groups is 2. The third kappa shape index (κ3) is 6.29. The molecule has 0 unspecified atom stereocenters. The minimum absolute atomic E-state index is 0.345. The first-order chi connectivity index (χ1) is 15.3. The molecule has 8 heteroatoms. The number of piperazine rings is 1. The van der Waals surface area contributed by atoms with Gasteiger partial charge in [-0.2, -0.15) is 0 Å². The van der Waals surface area contributed by atoms with E-state index in [1.807, 2.05) is 62.4 Å². The van der Waals surface area contributed by atoms with Gasteiger partial charge in [0.15, 0.2) is 0 Å². The average molecular weight is 443 g/mol. The van der Waals surface area contributed by atoms with Crippen LogP contribution in [0.4, 0.5) is 9.59 Å². The molecule has 0 N–H and O–H groups in total. The highest BCUT2D eigenvalue weighted by molar-refractivity contribution is 5.70. The van der Waals surface area contributed by atoms with Crippen LogP contribution >= 0.6 is 0 Å². The van der Waals surface area contributed by atoms with Crippen molar-refractivity contribution >= 4 is 12.2 Å². The number of rotatable bonds is 6. The fourth-order valence-electron chi connectivity index (χ4n) is 3.29. The molecule has 1 aliphatic rings. The summed E-state index contributed by atoms with van der Waals surface area (Å²) in [6, 6.07) is 15.1. The molecule has 8 nitrogen and oxygen atoms in total. The Morgan fingerprint density at radius 3 is 1.38 bits per heavy atom. The fraction of sp³-hybridized carbons (Fsp3) is 0.417. The molecule has 1 fully saturated rings. The third-order valence-corrected chi connectivity index (χ3v) is 5.10. The number of para-hydroxylation sites is 2. The molecule has 3 rings (SSSR count). The van der Waals surface area contributed by atoms with Crippen LogP contribution in [0.3, 0.4) is 0 Å². The van der Waals surface area contributed by atoms with Gasteiger partial charge in [0.05, 0.1) is 0 Å². The Bertz CT molecular complexity index is 851. The quantitative estimate of drug-likeness (QED) is 0.619. The molecular formula is C24H30N2O6. The average Bonchev–Trinajstić information content (AvgIpc) is 2.77. The summed E-state index contributed by atoms with van der Waals surface area (Å²) in [5.41, 5.74) is 1.92. The van der Waals surface area contributed by atoms with Crippen molar-refractivity contribution < 1.29 is 28.5 Å². The van der Waals surface area contributed by atoms with Gasteiger partial charge >= 0.3 is 12.2 Å². The molecule has 32 heavy (non-hydrogen) atoms. The molecule has 2 aromatic carbocycles. The second kappa shape index (κ2) is 10.7. The maximum atomic E-state index is 12.4. The summed E-state index contributed by atoms with van der Waals surface area (Å²) in [5.74, 6) is 1.34. The van der Waals surface area contributed by atoms with Crippen molar-refractivity contribution in [1.82, 2.24) is 9.80 Å². The lowest BCUT2D eigenvalue weighted by atomic mass is 10.2. The maximum Gasteiger partial charge on any atom is 0.412 e. The maximum absolute atomic E-state index is 12.4. The molecule has 172 valence electrons. The third-order valence-electron chi connectivity index (χ3n) is 5.10. The molecule has 2 aromatic rings. The Balaban J connectivity index is 1.41. The number of carbonyl (C=O) groups excluding carboxylic acids is 2. The smallest absolute Gasteiger partial charge is 0.412 e. The van der Waals surface area contributed by atoms with Crippen molar-refractivity contribution in [2.45, 2.75) is 40.3 Å². The molecule has 1 saturated heterocycles. The first kappa shape index (κ1) is 23.2. The lowest BCUT2D eigenvalue weighted by molar-refractivity contribution is -0.0482. The van der Waals surface area contributed by atoms with E-state index in [2.05, 4.69) is 0 Å². The van der Waals surface area contributed by atoms with E-state index in [1.54, 1.807) is 23.6 Å². The molecule has 2 amide bonds. The molecule has 1 heterocycles. The van der Waals surface area contributed by atoms with Crippen LogP contribution in [-0.2, 0) is 9.47 Å². The lowest BCUT2D eigenvalue weighted by Gasteiger charge is -2.34. The zero-order valence-electron chi connectivity index (χ0n) is 18.9. The van der Waals surface area contributed by atoms with Gasteiger partial charge in [0, 0.05) is 40.0 Å². The van der Waals surface area contributed by atoms with Crippen LogP contribution in [0.25, 0.3) is 0 Å². The standard InChI is InChI=1S/C24H30N2O6/c1-17-9-5-7-11-21(17)29-19(3)31-23(27)25-13-15-26(16-14-25)24(28)32-20(4)30-22-12-8-6-10-18(22)2/h5-12,19-20H,13-16H2,1-4H3/t19-,20-/m1/s1. The van der Waals surface area contributed by atoms with Crippen LogP contribution in [0, 0.1) is 13.8 Å². The van der Waals surface area contributed by atoms with Gasteiger partial charge < -0.3 is 28.7 Å². The predicted molar refractivity (Wildman–Crippen MR) is 119 cm³/mol. The first-order valence-electron chi connectivity index (χ1n) is 10.7. The number of hydrogen-bond donors (Lipinski definition) is 0. The molecule has 0 radical (unpaired) electrons. The number of hydrogen-bond acceptors (Lipinski definition) is 6. The summed E-state index contributed by atoms with van der Waals surface area (Å²) in [4.78, 5) is 28.0. The molecule has 0 aliphatic carbocycles. The van der Waals surface area contributed by atoms with Gasteiger partial charge in [-0.3, -0.25) is 0 Å². The highest BCUT2D eigenvalue weighted by Crippen LogP contribution is 2.20. The zero-order chi connectivity index (χ0) is 23.1. The van der Waals surface area contributed by atoms with E-state index in [1.165, 1.54) is 0 Å². The van der Waals surface area contributed by atoms with Crippen molar-refractivity contribution in [2.24, 2.45) is 0 Å². The van der Waals surface area contributed by atoms with E-state index in [9.17, 15) is 9.59 Å². The van der Waals surface area contributed by atoms with Crippen molar-refractivity contribution in [3.8, 4) is 11.5 Å². The number of amides is 2. The summed E-state index contributed by atoms with van der Waals surface area (Å²) in [5, 5.41) is 0. The Morgan fingerprint density at radius 2 is 1.03 bits per heavy atom. The van der Waals surface area contributed by atoms with E-state index in [4.69, 9.17) is 18.9 Å². The minimum atomic E-state index is -0.731. The molecule has 0 aromatic heterocycles. The van der Waals surface area contributed by atoms with Crippen LogP contribution in [0.15, 0.2) is 48.5 Å². The Morgan fingerprint density at radius 1 is 0.688 bits per heavy atom. The van der Waals surface area contributed by atoms with Crippen molar-refractivity contribution in [3.63, 3.8) is 0 Å². The van der Waals surface area contributed by atoms with Crippen LogP contribution in [-0.4, -0.2) is 60.7 Å². The monoisotopic (exact) mass is 442 g/mol. The number of ether oxygens (including phenoxy) is 4. The van der Waals surface area contributed by atoms with Gasteiger partial charge in [-0.25, -0.2) is 9.59 Å². The number of nitrogens with zero attached hydrogens (tertiary/aromatic N) is 2. The fourth-order valence-corrected chi connectivity index (χ4v) is 3.29. The lowest BCUT2D eigenvalue weighted by Crippen LogP contribution is -2.51. The Hall–Kier alpha value is -3.42. The molecule has 2 atom stereocenters. The van der Waals surface area contributed by atoms with Crippen molar-refractivity contribution in [1.29, 1.82) is 0 Å². The summed E-state index contributed by atoms with van der Waals surface area (Å²) >= 11 is 0. The summed E-state index contributed by atoms with van der Waals surface area (Å²) < 4.78 is 22.2. The molecular weight excluding hydrogens is 412 g/mol. The van der Waals surface area contributed by atoms with E-state index in [0.29, 0.717) is 37.7 Å². The van der Waals surface area contributed by atoms with Gasteiger partial charge in [-0.05, 0) is 37.1 Å². The van der Waals surface area contributed by atoms with Crippen LogP contribution in [0.5, 0.6) is 11.5 Å². The predicted octanol–water partition coefficient (Wildman–Crippen LogP) is 4.34. The van der Waals surface area contributed by atoms with Gasteiger partial charge in [-0.15, -0.1) is 0 Å². The van der Waals surface area contributed by atoms with E-state index < -0.39 is 24.8 Å². The van der Waals surface area contributed by atoms with E-state index in [-0.39, 0.29) is 0 Å². The van der Waals surface area contributed by atoms with Crippen molar-refractivity contribution in [3.05, 3.63) is 59.7 Å². The van der Waals surface area contributed by atoms with Gasteiger partial charge in [0.25, 0.3) is 0 Å². The van der Waals surface area contributed by atoms with Crippen LogP contribution < -0.4 is 9.47 Å². The van der Waals surface area contributed by atoms with Gasteiger partial charge in [0.1, 0.15) is 11.5 Å². The topological polar surface area (TPSA) is 77.5 Å². The van der Waals surface area contributed by atoms with Gasteiger partial charge in [0.2, 0.25) is 12.6 Å². The highest BCUT2D eigenvalue weighted by Gasteiger charge is 2.28. The first-order valence-corrected chi connectivity index (χ1v) is 10.7. The second-order valence-electron chi connectivity index (χ2n) is 7.64. The zero-order valence-corrected chi connectivity index (χ0v) is 18.9. The number of benzene rings is 2. The Kier molecular flexibility index (Phi) is 7.81. The summed E-state index contributed by atoms with van der Waals surface area (Å²) in [6.07, 6.45) is -2.41. The summed E-state index contributed by atoms with van der Waals surface area (Å²) in [6.45, 7) is 8.58. The van der Waals surface area contributed by atoms with Crippen molar-refractivity contribution in [2.75, 3.05) is 26.2 Å². The molecule has 1 aliphatic heterocycles. The van der Waals surface area contributed by atoms with E-state index >= 15 is 0 Å². The second-order valence-corrected chi connectivity index (χ2v) is 7.64. The molecule has 0 saturated carbocycles.